The molecule has 94 valence electrons. The summed E-state index contributed by atoms with van der Waals surface area (Å²) in [4.78, 5) is 12.8. The van der Waals surface area contributed by atoms with Gasteiger partial charge < -0.3 is 9.64 Å². The second kappa shape index (κ2) is 6.40. The minimum absolute atomic E-state index is 0.266. The number of likely N-dealkylation sites (N-methyl/N-ethyl adjacent to an activating group) is 1. The number of ether oxygens (including phenoxy) is 1. The SMILES string of the molecule is Cc1cc(C=O)ccc1N(C)CCOC(C)C. The minimum atomic E-state index is 0.266. The number of hydrogen-bond donors (Lipinski definition) is 0. The zero-order valence-electron chi connectivity index (χ0n) is 11.1. The molecule has 0 spiro atoms. The van der Waals surface area contributed by atoms with E-state index in [9.17, 15) is 4.79 Å². The summed E-state index contributed by atoms with van der Waals surface area (Å²) in [5, 5.41) is 0. The van der Waals surface area contributed by atoms with E-state index >= 15 is 0 Å². The minimum Gasteiger partial charge on any atom is -0.377 e. The van der Waals surface area contributed by atoms with Crippen molar-refractivity contribution in [3.63, 3.8) is 0 Å². The van der Waals surface area contributed by atoms with E-state index in [4.69, 9.17) is 4.74 Å². The molecule has 3 nitrogen and oxygen atoms in total. The molecule has 0 saturated heterocycles. The molecule has 1 rings (SSSR count). The van der Waals surface area contributed by atoms with Crippen molar-refractivity contribution in [2.24, 2.45) is 0 Å². The lowest BCUT2D eigenvalue weighted by molar-refractivity contribution is 0.0846. The molecule has 0 saturated carbocycles. The Morgan fingerprint density at radius 2 is 2.12 bits per heavy atom. The summed E-state index contributed by atoms with van der Waals surface area (Å²) in [5.41, 5.74) is 2.97. The van der Waals surface area contributed by atoms with Crippen LogP contribution < -0.4 is 4.90 Å². The number of hydrogen-bond acceptors (Lipinski definition) is 3. The van der Waals surface area contributed by atoms with Gasteiger partial charge in [0, 0.05) is 24.8 Å². The van der Waals surface area contributed by atoms with E-state index in [-0.39, 0.29) is 6.10 Å². The molecule has 0 aliphatic rings. The van der Waals surface area contributed by atoms with Crippen molar-refractivity contribution in [3.05, 3.63) is 29.3 Å². The average molecular weight is 235 g/mol. The number of carbonyl (C=O) groups is 1. The topological polar surface area (TPSA) is 29.5 Å². The van der Waals surface area contributed by atoms with E-state index in [1.54, 1.807) is 0 Å². The van der Waals surface area contributed by atoms with Crippen LogP contribution in [0, 0.1) is 6.92 Å². The molecule has 0 atom stereocenters. The van der Waals surface area contributed by atoms with Gasteiger partial charge in [0.2, 0.25) is 0 Å². The number of benzene rings is 1. The molecule has 0 bridgehead atoms. The smallest absolute Gasteiger partial charge is 0.150 e. The number of rotatable bonds is 6. The summed E-state index contributed by atoms with van der Waals surface area (Å²) in [6.45, 7) is 7.64. The van der Waals surface area contributed by atoms with E-state index in [1.165, 1.54) is 0 Å². The third-order valence-corrected chi connectivity index (χ3v) is 2.65. The van der Waals surface area contributed by atoms with Crippen LogP contribution >= 0.6 is 0 Å². The number of aldehydes is 1. The first kappa shape index (κ1) is 13.7. The maximum absolute atomic E-state index is 10.7. The molecule has 0 unspecified atom stereocenters. The second-order valence-corrected chi connectivity index (χ2v) is 4.50. The zero-order chi connectivity index (χ0) is 12.8. The van der Waals surface area contributed by atoms with Gasteiger partial charge in [-0.15, -0.1) is 0 Å². The van der Waals surface area contributed by atoms with Gasteiger partial charge in [-0.05, 0) is 44.5 Å². The summed E-state index contributed by atoms with van der Waals surface area (Å²) in [6, 6.07) is 5.73. The number of anilines is 1. The summed E-state index contributed by atoms with van der Waals surface area (Å²) in [7, 11) is 2.03. The Bertz CT molecular complexity index is 374. The Kier molecular flexibility index (Phi) is 5.16. The molecule has 3 heteroatoms. The average Bonchev–Trinajstić information content (AvgIpc) is 2.28. The fraction of sp³-hybridized carbons (Fsp3) is 0.500. The monoisotopic (exact) mass is 235 g/mol. The Labute approximate surface area is 103 Å². The molecular formula is C14H21NO2. The van der Waals surface area contributed by atoms with Crippen LogP contribution in [0.3, 0.4) is 0 Å². The van der Waals surface area contributed by atoms with Gasteiger partial charge in [0.25, 0.3) is 0 Å². The largest absolute Gasteiger partial charge is 0.377 e. The van der Waals surface area contributed by atoms with Gasteiger partial charge in [0.05, 0.1) is 12.7 Å². The van der Waals surface area contributed by atoms with Crippen molar-refractivity contribution in [1.82, 2.24) is 0 Å². The third-order valence-electron chi connectivity index (χ3n) is 2.65. The molecule has 0 N–H and O–H groups in total. The van der Waals surface area contributed by atoms with Crippen molar-refractivity contribution >= 4 is 12.0 Å². The Balaban J connectivity index is 2.62. The van der Waals surface area contributed by atoms with Crippen LogP contribution in [0.15, 0.2) is 18.2 Å². The van der Waals surface area contributed by atoms with E-state index in [2.05, 4.69) is 4.90 Å². The lowest BCUT2D eigenvalue weighted by atomic mass is 10.1. The summed E-state index contributed by atoms with van der Waals surface area (Å²) < 4.78 is 5.52. The van der Waals surface area contributed by atoms with Gasteiger partial charge in [-0.2, -0.15) is 0 Å². The highest BCUT2D eigenvalue weighted by Crippen LogP contribution is 2.19. The first-order chi connectivity index (χ1) is 8.04. The van der Waals surface area contributed by atoms with E-state index in [0.717, 1.165) is 29.6 Å². The third kappa shape index (κ3) is 4.19. The summed E-state index contributed by atoms with van der Waals surface area (Å²) >= 11 is 0. The summed E-state index contributed by atoms with van der Waals surface area (Å²) in [5.74, 6) is 0. The van der Waals surface area contributed by atoms with Gasteiger partial charge in [-0.25, -0.2) is 0 Å². The lowest BCUT2D eigenvalue weighted by Crippen LogP contribution is -2.24. The molecule has 1 aromatic rings. The molecule has 0 aromatic heterocycles. The standard InChI is InChI=1S/C14H21NO2/c1-11(2)17-8-7-15(4)14-6-5-13(10-16)9-12(14)3/h5-6,9-11H,7-8H2,1-4H3. The molecular weight excluding hydrogens is 214 g/mol. The van der Waals surface area contributed by atoms with Crippen LogP contribution in [0.2, 0.25) is 0 Å². The second-order valence-electron chi connectivity index (χ2n) is 4.50. The highest BCUT2D eigenvalue weighted by molar-refractivity contribution is 5.76. The van der Waals surface area contributed by atoms with Crippen molar-refractivity contribution in [3.8, 4) is 0 Å². The fourth-order valence-electron chi connectivity index (χ4n) is 1.73. The molecule has 0 amide bonds. The first-order valence-corrected chi connectivity index (χ1v) is 5.93. The highest BCUT2D eigenvalue weighted by atomic mass is 16.5. The number of nitrogens with zero attached hydrogens (tertiary/aromatic N) is 1. The van der Waals surface area contributed by atoms with E-state index in [1.807, 2.05) is 46.0 Å². The Morgan fingerprint density at radius 1 is 1.41 bits per heavy atom. The van der Waals surface area contributed by atoms with Crippen molar-refractivity contribution in [2.45, 2.75) is 26.9 Å². The van der Waals surface area contributed by atoms with E-state index in [0.29, 0.717) is 6.61 Å². The first-order valence-electron chi connectivity index (χ1n) is 5.93. The van der Waals surface area contributed by atoms with Crippen molar-refractivity contribution in [2.75, 3.05) is 25.1 Å². The van der Waals surface area contributed by atoms with Gasteiger partial charge >= 0.3 is 0 Å². The van der Waals surface area contributed by atoms with Gasteiger partial charge in [-0.1, -0.05) is 0 Å². The fourth-order valence-corrected chi connectivity index (χ4v) is 1.73. The Hall–Kier alpha value is -1.35. The van der Waals surface area contributed by atoms with Crippen molar-refractivity contribution < 1.29 is 9.53 Å². The molecule has 1 aromatic carbocycles. The molecule has 0 heterocycles. The Morgan fingerprint density at radius 3 is 2.65 bits per heavy atom. The molecule has 0 aliphatic carbocycles. The predicted molar refractivity (Wildman–Crippen MR) is 70.9 cm³/mol. The van der Waals surface area contributed by atoms with Gasteiger partial charge in [0.1, 0.15) is 6.29 Å². The van der Waals surface area contributed by atoms with Crippen molar-refractivity contribution in [1.29, 1.82) is 0 Å². The van der Waals surface area contributed by atoms with Gasteiger partial charge in [0.15, 0.2) is 0 Å². The maximum Gasteiger partial charge on any atom is 0.150 e. The van der Waals surface area contributed by atoms with E-state index < -0.39 is 0 Å². The summed E-state index contributed by atoms with van der Waals surface area (Å²) in [6.07, 6.45) is 1.14. The van der Waals surface area contributed by atoms with Crippen LogP contribution in [0.5, 0.6) is 0 Å². The quantitative estimate of drug-likeness (QED) is 0.710. The molecule has 0 aliphatic heterocycles. The highest BCUT2D eigenvalue weighted by Gasteiger charge is 2.05. The lowest BCUT2D eigenvalue weighted by Gasteiger charge is -2.22. The van der Waals surface area contributed by atoms with Crippen LogP contribution in [-0.2, 0) is 4.74 Å². The molecule has 17 heavy (non-hydrogen) atoms. The number of aryl methyl sites for hydroxylation is 1. The number of carbonyl (C=O) groups excluding carboxylic acids is 1. The van der Waals surface area contributed by atoms with Crippen LogP contribution in [0.1, 0.15) is 29.8 Å². The zero-order valence-corrected chi connectivity index (χ0v) is 11.1. The van der Waals surface area contributed by atoms with Crippen LogP contribution in [0.4, 0.5) is 5.69 Å². The van der Waals surface area contributed by atoms with Crippen LogP contribution in [-0.4, -0.2) is 32.6 Å². The van der Waals surface area contributed by atoms with Crippen LogP contribution in [0.25, 0.3) is 0 Å². The maximum atomic E-state index is 10.7. The molecule has 0 fully saturated rings. The normalized spacial score (nSPS) is 10.6. The van der Waals surface area contributed by atoms with Gasteiger partial charge in [-0.3, -0.25) is 4.79 Å². The molecule has 0 radical (unpaired) electrons. The predicted octanol–water partition coefficient (Wildman–Crippen LogP) is 2.67.